The van der Waals surface area contributed by atoms with Crippen LogP contribution in [-0.2, 0) is 4.79 Å². The third-order valence-corrected chi connectivity index (χ3v) is 5.39. The molecule has 0 radical (unpaired) electrons. The summed E-state index contributed by atoms with van der Waals surface area (Å²) < 4.78 is 0. The maximum Gasteiger partial charge on any atom is 0.269 e. The number of non-ortho nitro benzene ring substituents is 1. The van der Waals surface area contributed by atoms with Crippen molar-refractivity contribution in [1.29, 1.82) is 0 Å². The third kappa shape index (κ3) is 5.01. The molecule has 1 N–H and O–H groups in total. The van der Waals surface area contributed by atoms with Gasteiger partial charge in [0.05, 0.1) is 16.4 Å². The van der Waals surface area contributed by atoms with Crippen LogP contribution in [0.1, 0.15) is 17.7 Å². The molecule has 0 spiro atoms. The lowest BCUT2D eigenvalue weighted by molar-refractivity contribution is -0.384. The number of nitro groups is 1. The average Bonchev–Trinajstić information content (AvgIpc) is 2.60. The topological polar surface area (TPSA) is 72.2 Å². The van der Waals surface area contributed by atoms with Crippen LogP contribution in [-0.4, -0.2) is 22.8 Å². The van der Waals surface area contributed by atoms with Crippen LogP contribution < -0.4 is 5.32 Å². The van der Waals surface area contributed by atoms with Gasteiger partial charge in [0.1, 0.15) is 0 Å². The molecule has 0 heterocycles. The molecular weight excluding hydrogens is 344 g/mol. The van der Waals surface area contributed by atoms with Gasteiger partial charge in [0.25, 0.3) is 5.69 Å². The van der Waals surface area contributed by atoms with Gasteiger partial charge < -0.3 is 5.32 Å². The van der Waals surface area contributed by atoms with Crippen molar-refractivity contribution in [3.05, 3.63) is 64.2 Å². The van der Waals surface area contributed by atoms with Gasteiger partial charge in [0.2, 0.25) is 5.91 Å². The van der Waals surface area contributed by atoms with Crippen molar-refractivity contribution >= 4 is 40.8 Å². The van der Waals surface area contributed by atoms with Gasteiger partial charge in [-0.15, -0.1) is 23.5 Å². The number of para-hydroxylation sites is 1. The zero-order valence-corrected chi connectivity index (χ0v) is 15.0. The van der Waals surface area contributed by atoms with Crippen molar-refractivity contribution in [2.45, 2.75) is 17.1 Å². The smallest absolute Gasteiger partial charge is 0.269 e. The predicted octanol–water partition coefficient (Wildman–Crippen LogP) is 4.75. The van der Waals surface area contributed by atoms with Gasteiger partial charge in [-0.3, -0.25) is 14.9 Å². The van der Waals surface area contributed by atoms with Crippen LogP contribution in [0.25, 0.3) is 0 Å². The highest BCUT2D eigenvalue weighted by Gasteiger charge is 2.13. The Morgan fingerprint density at radius 3 is 2.71 bits per heavy atom. The number of hydrogen-bond acceptors (Lipinski definition) is 5. The molecule has 5 nitrogen and oxygen atoms in total. The summed E-state index contributed by atoms with van der Waals surface area (Å²) in [6.07, 6.45) is 1.96. The van der Waals surface area contributed by atoms with Gasteiger partial charge in [-0.1, -0.05) is 24.3 Å². The number of thioether (sulfide) groups is 2. The summed E-state index contributed by atoms with van der Waals surface area (Å²) in [5.41, 5.74) is 1.71. The van der Waals surface area contributed by atoms with E-state index < -0.39 is 4.92 Å². The Balaban J connectivity index is 1.94. The summed E-state index contributed by atoms with van der Waals surface area (Å²) >= 11 is 3.03. The second-order valence-corrected chi connectivity index (χ2v) is 7.23. The number of amides is 1. The number of benzene rings is 2. The van der Waals surface area contributed by atoms with Crippen LogP contribution in [0.5, 0.6) is 0 Å². The van der Waals surface area contributed by atoms with Crippen LogP contribution in [0, 0.1) is 10.1 Å². The monoisotopic (exact) mass is 362 g/mol. The molecule has 0 saturated carbocycles. The zero-order valence-electron chi connectivity index (χ0n) is 13.4. The molecule has 0 bridgehead atoms. The maximum atomic E-state index is 12.1. The molecule has 0 fully saturated rings. The van der Waals surface area contributed by atoms with E-state index in [2.05, 4.69) is 5.32 Å². The highest BCUT2D eigenvalue weighted by molar-refractivity contribution is 8.00. The Kier molecular flexibility index (Phi) is 6.69. The molecule has 1 amide bonds. The molecule has 7 heteroatoms. The van der Waals surface area contributed by atoms with E-state index in [1.54, 1.807) is 23.9 Å². The highest BCUT2D eigenvalue weighted by Crippen LogP contribution is 2.30. The summed E-state index contributed by atoms with van der Waals surface area (Å²) in [4.78, 5) is 23.6. The first-order valence-electron chi connectivity index (χ1n) is 7.30. The fourth-order valence-corrected chi connectivity index (χ4v) is 3.49. The number of carbonyl (C=O) groups is 1. The average molecular weight is 362 g/mol. The van der Waals surface area contributed by atoms with Crippen LogP contribution in [0.15, 0.2) is 53.4 Å². The van der Waals surface area contributed by atoms with Crippen LogP contribution in [0.3, 0.4) is 0 Å². The molecule has 126 valence electrons. The first kappa shape index (κ1) is 18.4. The van der Waals surface area contributed by atoms with Crippen molar-refractivity contribution in [3.8, 4) is 0 Å². The van der Waals surface area contributed by atoms with Gasteiger partial charge in [0, 0.05) is 22.3 Å². The minimum atomic E-state index is -0.410. The Hall–Kier alpha value is -1.99. The van der Waals surface area contributed by atoms with Crippen molar-refractivity contribution in [2.75, 3.05) is 17.3 Å². The Morgan fingerprint density at radius 2 is 2.00 bits per heavy atom. The third-order valence-electron chi connectivity index (χ3n) is 3.40. The van der Waals surface area contributed by atoms with E-state index in [9.17, 15) is 14.9 Å². The fourth-order valence-electron chi connectivity index (χ4n) is 2.12. The number of anilines is 1. The Labute approximate surface area is 149 Å². The number of nitrogens with one attached hydrogen (secondary N) is 1. The maximum absolute atomic E-state index is 12.1. The van der Waals surface area contributed by atoms with Gasteiger partial charge in [-0.05, 0) is 30.9 Å². The molecule has 2 aromatic carbocycles. The van der Waals surface area contributed by atoms with E-state index >= 15 is 0 Å². The molecule has 0 unspecified atom stereocenters. The lowest BCUT2D eigenvalue weighted by Gasteiger charge is -2.13. The second-order valence-electron chi connectivity index (χ2n) is 5.05. The van der Waals surface area contributed by atoms with Crippen LogP contribution >= 0.6 is 23.5 Å². The van der Waals surface area contributed by atoms with Crippen molar-refractivity contribution in [3.63, 3.8) is 0 Å². The lowest BCUT2D eigenvalue weighted by Crippen LogP contribution is -2.15. The molecule has 2 rings (SSSR count). The molecular formula is C17H18N2O3S2. The highest BCUT2D eigenvalue weighted by atomic mass is 32.2. The fraction of sp³-hybridized carbons (Fsp3) is 0.235. The molecule has 0 aliphatic carbocycles. The first-order chi connectivity index (χ1) is 11.5. The second kappa shape index (κ2) is 8.75. The molecule has 24 heavy (non-hydrogen) atoms. The van der Waals surface area contributed by atoms with Crippen molar-refractivity contribution in [1.82, 2.24) is 0 Å². The van der Waals surface area contributed by atoms with Gasteiger partial charge in [-0.25, -0.2) is 0 Å². The number of nitrogens with zero attached hydrogens (tertiary/aromatic N) is 1. The SMILES string of the molecule is CSc1ccccc1NC(=O)CS[C@@H](C)c1cccc([N+](=O)[O-])c1. The normalized spacial score (nSPS) is 11.8. The van der Waals surface area contributed by atoms with E-state index in [1.165, 1.54) is 17.8 Å². The first-order valence-corrected chi connectivity index (χ1v) is 9.57. The quantitative estimate of drug-likeness (QED) is 0.437. The van der Waals surface area contributed by atoms with Crippen molar-refractivity contribution < 1.29 is 9.72 Å². The molecule has 1 atom stereocenters. The predicted molar refractivity (Wildman–Crippen MR) is 101 cm³/mol. The van der Waals surface area contributed by atoms with Gasteiger partial charge in [0.15, 0.2) is 0 Å². The molecule has 0 aliphatic rings. The summed E-state index contributed by atoms with van der Waals surface area (Å²) in [5.74, 6) is 0.200. The standard InChI is InChI=1S/C17H18N2O3S2/c1-12(13-6-5-7-14(10-13)19(21)22)24-11-17(20)18-15-8-3-4-9-16(15)23-2/h3-10,12H,11H2,1-2H3,(H,18,20)/t12-/m0/s1. The van der Waals surface area contributed by atoms with Crippen LogP contribution in [0.2, 0.25) is 0 Å². The van der Waals surface area contributed by atoms with E-state index in [1.807, 2.05) is 43.5 Å². The van der Waals surface area contributed by atoms with Gasteiger partial charge in [-0.2, -0.15) is 0 Å². The lowest BCUT2D eigenvalue weighted by atomic mass is 10.1. The molecule has 0 aromatic heterocycles. The minimum Gasteiger partial charge on any atom is -0.324 e. The van der Waals surface area contributed by atoms with Gasteiger partial charge >= 0.3 is 0 Å². The zero-order chi connectivity index (χ0) is 17.5. The summed E-state index contributed by atoms with van der Waals surface area (Å²) in [6, 6.07) is 14.2. The summed E-state index contributed by atoms with van der Waals surface area (Å²) in [5, 5.41) is 13.7. The summed E-state index contributed by atoms with van der Waals surface area (Å²) in [7, 11) is 0. The van der Waals surface area contributed by atoms with E-state index in [-0.39, 0.29) is 22.6 Å². The molecule has 2 aromatic rings. The van der Waals surface area contributed by atoms with E-state index in [0.29, 0.717) is 0 Å². The number of hydrogen-bond donors (Lipinski definition) is 1. The van der Waals surface area contributed by atoms with Crippen LogP contribution in [0.4, 0.5) is 11.4 Å². The number of nitro benzene ring substituents is 1. The molecule has 0 aliphatic heterocycles. The van der Waals surface area contributed by atoms with Crippen molar-refractivity contribution in [2.24, 2.45) is 0 Å². The largest absolute Gasteiger partial charge is 0.324 e. The van der Waals surface area contributed by atoms with E-state index in [4.69, 9.17) is 0 Å². The Bertz CT molecular complexity index is 737. The van der Waals surface area contributed by atoms with E-state index in [0.717, 1.165) is 16.1 Å². The minimum absolute atomic E-state index is 0.00792. The molecule has 0 saturated heterocycles. The number of rotatable bonds is 7. The number of carbonyl (C=O) groups excluding carboxylic acids is 1. The Morgan fingerprint density at radius 1 is 1.25 bits per heavy atom. The summed E-state index contributed by atoms with van der Waals surface area (Å²) in [6.45, 7) is 1.94.